The lowest BCUT2D eigenvalue weighted by molar-refractivity contribution is 0.379. The molecule has 1 N–H and O–H groups in total. The van der Waals surface area contributed by atoms with Crippen LogP contribution in [0.4, 0.5) is 0 Å². The topological polar surface area (TPSA) is 35.8 Å². The van der Waals surface area contributed by atoms with Gasteiger partial charge in [0.25, 0.3) is 0 Å². The van der Waals surface area contributed by atoms with Crippen LogP contribution in [0.3, 0.4) is 0 Å². The van der Waals surface area contributed by atoms with E-state index in [9.17, 15) is 0 Å². The summed E-state index contributed by atoms with van der Waals surface area (Å²) in [6, 6.07) is 3.01. The maximum absolute atomic E-state index is 8.79. The van der Waals surface area contributed by atoms with E-state index >= 15 is 0 Å². The van der Waals surface area contributed by atoms with Crippen molar-refractivity contribution in [3.05, 3.63) is 0 Å². The highest BCUT2D eigenvalue weighted by molar-refractivity contribution is 4.88. The minimum absolute atomic E-state index is 0.311. The Morgan fingerprint density at radius 1 is 1.25 bits per heavy atom. The van der Waals surface area contributed by atoms with E-state index in [4.69, 9.17) is 5.26 Å². The van der Waals surface area contributed by atoms with Gasteiger partial charge in [0, 0.05) is 12.0 Å². The molecule has 0 aromatic heterocycles. The van der Waals surface area contributed by atoms with Gasteiger partial charge in [-0.25, -0.2) is 0 Å². The van der Waals surface area contributed by atoms with E-state index in [1.165, 1.54) is 6.42 Å². The molecule has 3 atom stereocenters. The molecule has 68 valence electrons. The molecule has 2 nitrogen and oxygen atoms in total. The second kappa shape index (κ2) is 4.47. The molecule has 0 aromatic carbocycles. The molecular formula is C10H18N2. The number of nitrogens with one attached hydrogen (secondary N) is 1. The summed E-state index contributed by atoms with van der Waals surface area (Å²) in [6.07, 6.45) is 4.53. The predicted octanol–water partition coefficient (Wildman–Crippen LogP) is 1.92. The van der Waals surface area contributed by atoms with E-state index in [2.05, 4.69) is 18.3 Å². The second-order valence-corrected chi connectivity index (χ2v) is 3.85. The summed E-state index contributed by atoms with van der Waals surface area (Å²) in [4.78, 5) is 0. The molecule has 0 amide bonds. The Morgan fingerprint density at radius 2 is 1.92 bits per heavy atom. The molecule has 0 aliphatic heterocycles. The Bertz CT molecular complexity index is 171. The Hall–Kier alpha value is -0.550. The van der Waals surface area contributed by atoms with E-state index in [0.717, 1.165) is 25.2 Å². The smallest absolute Gasteiger partial charge is 0.0655 e. The SMILES string of the molecule is CNC1CCC(C#N)CCC1C. The molecule has 0 aromatic rings. The van der Waals surface area contributed by atoms with E-state index in [-0.39, 0.29) is 0 Å². The molecule has 0 radical (unpaired) electrons. The maximum atomic E-state index is 8.79. The number of rotatable bonds is 1. The van der Waals surface area contributed by atoms with Gasteiger partial charge in [-0.2, -0.15) is 5.26 Å². The predicted molar refractivity (Wildman–Crippen MR) is 49.6 cm³/mol. The van der Waals surface area contributed by atoms with Crippen molar-refractivity contribution >= 4 is 0 Å². The third-order valence-corrected chi connectivity index (χ3v) is 3.04. The van der Waals surface area contributed by atoms with E-state index in [1.807, 2.05) is 7.05 Å². The van der Waals surface area contributed by atoms with Gasteiger partial charge in [0.05, 0.1) is 6.07 Å². The van der Waals surface area contributed by atoms with Crippen LogP contribution in [0.2, 0.25) is 0 Å². The van der Waals surface area contributed by atoms with Crippen molar-refractivity contribution in [2.45, 2.75) is 38.6 Å². The van der Waals surface area contributed by atoms with Gasteiger partial charge in [0.15, 0.2) is 0 Å². The van der Waals surface area contributed by atoms with Gasteiger partial charge in [-0.15, -0.1) is 0 Å². The van der Waals surface area contributed by atoms with E-state index in [1.54, 1.807) is 0 Å². The highest BCUT2D eigenvalue weighted by Crippen LogP contribution is 2.26. The number of nitriles is 1. The van der Waals surface area contributed by atoms with Gasteiger partial charge in [-0.3, -0.25) is 0 Å². The van der Waals surface area contributed by atoms with Gasteiger partial charge in [-0.05, 0) is 38.6 Å². The second-order valence-electron chi connectivity index (χ2n) is 3.85. The highest BCUT2D eigenvalue weighted by Gasteiger charge is 2.22. The summed E-state index contributed by atoms with van der Waals surface area (Å²) in [5, 5.41) is 12.1. The average molecular weight is 166 g/mol. The minimum atomic E-state index is 0.311. The molecule has 1 aliphatic rings. The summed E-state index contributed by atoms with van der Waals surface area (Å²) < 4.78 is 0. The third-order valence-electron chi connectivity index (χ3n) is 3.04. The Kier molecular flexibility index (Phi) is 3.55. The van der Waals surface area contributed by atoms with Crippen molar-refractivity contribution in [3.63, 3.8) is 0 Å². The zero-order chi connectivity index (χ0) is 8.97. The summed E-state index contributed by atoms with van der Waals surface area (Å²) >= 11 is 0. The van der Waals surface area contributed by atoms with E-state index < -0.39 is 0 Å². The zero-order valence-corrected chi connectivity index (χ0v) is 8.01. The number of hydrogen-bond donors (Lipinski definition) is 1. The van der Waals surface area contributed by atoms with Crippen LogP contribution in [-0.2, 0) is 0 Å². The first kappa shape index (κ1) is 9.54. The molecule has 2 heteroatoms. The average Bonchev–Trinajstić information content (AvgIpc) is 2.27. The first-order chi connectivity index (χ1) is 5.77. The fourth-order valence-corrected chi connectivity index (χ4v) is 2.03. The molecule has 1 saturated carbocycles. The first-order valence-corrected chi connectivity index (χ1v) is 4.84. The minimum Gasteiger partial charge on any atom is -0.317 e. The molecule has 1 rings (SSSR count). The molecule has 3 unspecified atom stereocenters. The van der Waals surface area contributed by atoms with Crippen LogP contribution in [0.1, 0.15) is 32.6 Å². The normalized spacial score (nSPS) is 36.9. The molecule has 0 bridgehead atoms. The number of hydrogen-bond acceptors (Lipinski definition) is 2. The van der Waals surface area contributed by atoms with Gasteiger partial charge in [0.2, 0.25) is 0 Å². The Labute approximate surface area is 75.0 Å². The Morgan fingerprint density at radius 3 is 2.50 bits per heavy atom. The molecule has 0 saturated heterocycles. The Balaban J connectivity index is 2.48. The van der Waals surface area contributed by atoms with Crippen molar-refractivity contribution in [1.29, 1.82) is 5.26 Å². The first-order valence-electron chi connectivity index (χ1n) is 4.84. The molecular weight excluding hydrogens is 148 g/mol. The monoisotopic (exact) mass is 166 g/mol. The van der Waals surface area contributed by atoms with Crippen LogP contribution in [0.25, 0.3) is 0 Å². The summed E-state index contributed by atoms with van der Waals surface area (Å²) in [7, 11) is 2.02. The van der Waals surface area contributed by atoms with E-state index in [0.29, 0.717) is 12.0 Å². The van der Waals surface area contributed by atoms with Gasteiger partial charge in [-0.1, -0.05) is 6.92 Å². The van der Waals surface area contributed by atoms with Crippen LogP contribution in [0.15, 0.2) is 0 Å². The lowest BCUT2D eigenvalue weighted by Gasteiger charge is -2.19. The standard InChI is InChI=1S/C10H18N2/c1-8-3-4-9(7-11)5-6-10(8)12-2/h8-10,12H,3-6H2,1-2H3. The van der Waals surface area contributed by atoms with Crippen molar-refractivity contribution in [3.8, 4) is 6.07 Å². The number of nitrogens with zero attached hydrogens (tertiary/aromatic N) is 1. The fourth-order valence-electron chi connectivity index (χ4n) is 2.03. The zero-order valence-electron chi connectivity index (χ0n) is 8.01. The quantitative estimate of drug-likeness (QED) is 0.604. The summed E-state index contributed by atoms with van der Waals surface area (Å²) in [5.41, 5.74) is 0. The van der Waals surface area contributed by atoms with Gasteiger partial charge in [0.1, 0.15) is 0 Å². The molecule has 0 spiro atoms. The summed E-state index contributed by atoms with van der Waals surface area (Å²) in [6.45, 7) is 2.28. The van der Waals surface area contributed by atoms with Crippen LogP contribution in [0.5, 0.6) is 0 Å². The van der Waals surface area contributed by atoms with Crippen LogP contribution >= 0.6 is 0 Å². The lowest BCUT2D eigenvalue weighted by Crippen LogP contribution is -2.30. The van der Waals surface area contributed by atoms with Crippen LogP contribution in [0, 0.1) is 23.2 Å². The van der Waals surface area contributed by atoms with Crippen molar-refractivity contribution in [2.24, 2.45) is 11.8 Å². The fraction of sp³-hybridized carbons (Fsp3) is 0.900. The largest absolute Gasteiger partial charge is 0.317 e. The molecule has 12 heavy (non-hydrogen) atoms. The lowest BCUT2D eigenvalue weighted by atomic mass is 9.97. The summed E-state index contributed by atoms with van der Waals surface area (Å²) in [5.74, 6) is 1.04. The molecule has 0 heterocycles. The molecule has 1 fully saturated rings. The highest BCUT2D eigenvalue weighted by atomic mass is 14.9. The van der Waals surface area contributed by atoms with Gasteiger partial charge < -0.3 is 5.32 Å². The van der Waals surface area contributed by atoms with Crippen molar-refractivity contribution in [2.75, 3.05) is 7.05 Å². The van der Waals surface area contributed by atoms with Crippen molar-refractivity contribution < 1.29 is 0 Å². The van der Waals surface area contributed by atoms with Crippen LogP contribution in [-0.4, -0.2) is 13.1 Å². The molecule has 1 aliphatic carbocycles. The third kappa shape index (κ3) is 2.22. The maximum Gasteiger partial charge on any atom is 0.0655 e. The van der Waals surface area contributed by atoms with Crippen molar-refractivity contribution in [1.82, 2.24) is 5.32 Å². The van der Waals surface area contributed by atoms with Crippen LogP contribution < -0.4 is 5.32 Å². The van der Waals surface area contributed by atoms with Gasteiger partial charge >= 0.3 is 0 Å².